The summed E-state index contributed by atoms with van der Waals surface area (Å²) >= 11 is 0. The molecule has 0 atom stereocenters. The van der Waals surface area contributed by atoms with Crippen molar-refractivity contribution in [3.05, 3.63) is 23.0 Å². The van der Waals surface area contributed by atoms with Gasteiger partial charge < -0.3 is 10.2 Å². The van der Waals surface area contributed by atoms with Gasteiger partial charge in [-0.2, -0.15) is 5.10 Å². The van der Waals surface area contributed by atoms with Gasteiger partial charge in [0.05, 0.1) is 16.6 Å². The van der Waals surface area contributed by atoms with E-state index in [9.17, 15) is 4.79 Å². The summed E-state index contributed by atoms with van der Waals surface area (Å²) in [5.74, 6) is 0.506. The molecule has 2 aliphatic rings. The predicted octanol–water partition coefficient (Wildman–Crippen LogP) is 3.15. The van der Waals surface area contributed by atoms with Crippen LogP contribution in [0.3, 0.4) is 0 Å². The molecule has 2 fully saturated rings. The van der Waals surface area contributed by atoms with Gasteiger partial charge in [0.15, 0.2) is 5.65 Å². The first-order valence-electron chi connectivity index (χ1n) is 10.4. The second-order valence-electron chi connectivity index (χ2n) is 8.30. The molecule has 0 saturated heterocycles. The standard InChI is InChI=1S/C21H31N5O/c1-14-19-17(13-18(15-9-10-15)23-20(19)26(3)24-14)21(27)22-11-12-25(2)16-7-5-4-6-8-16/h13,15-16H,4-12H2,1-3H3,(H,22,27). The maximum Gasteiger partial charge on any atom is 0.252 e. The number of hydrogen-bond donors (Lipinski definition) is 1. The van der Waals surface area contributed by atoms with E-state index in [-0.39, 0.29) is 5.91 Å². The Morgan fingerprint density at radius 2 is 2.00 bits per heavy atom. The summed E-state index contributed by atoms with van der Waals surface area (Å²) in [7, 11) is 4.09. The summed E-state index contributed by atoms with van der Waals surface area (Å²) in [5, 5.41) is 8.52. The predicted molar refractivity (Wildman–Crippen MR) is 107 cm³/mol. The zero-order valence-corrected chi connectivity index (χ0v) is 16.8. The third-order valence-corrected chi connectivity index (χ3v) is 6.18. The minimum Gasteiger partial charge on any atom is -0.351 e. The molecule has 27 heavy (non-hydrogen) atoms. The summed E-state index contributed by atoms with van der Waals surface area (Å²) < 4.78 is 1.80. The Kier molecular flexibility index (Phi) is 5.17. The molecule has 6 heteroatoms. The van der Waals surface area contributed by atoms with Crippen LogP contribution in [0, 0.1) is 6.92 Å². The van der Waals surface area contributed by atoms with Gasteiger partial charge in [0.1, 0.15) is 0 Å². The molecule has 1 N–H and O–H groups in total. The highest BCUT2D eigenvalue weighted by molar-refractivity contribution is 6.06. The van der Waals surface area contributed by atoms with Crippen molar-refractivity contribution in [1.29, 1.82) is 0 Å². The number of pyridine rings is 1. The lowest BCUT2D eigenvalue weighted by Crippen LogP contribution is -2.39. The molecular formula is C21H31N5O. The molecule has 1 amide bonds. The number of carbonyl (C=O) groups excluding carboxylic acids is 1. The fourth-order valence-corrected chi connectivity index (χ4v) is 4.38. The van der Waals surface area contributed by atoms with Crippen molar-refractivity contribution in [2.24, 2.45) is 7.05 Å². The molecule has 2 aromatic rings. The Morgan fingerprint density at radius 1 is 1.26 bits per heavy atom. The molecule has 0 radical (unpaired) electrons. The first-order chi connectivity index (χ1) is 13.0. The molecule has 0 aliphatic heterocycles. The number of aromatic nitrogens is 3. The van der Waals surface area contributed by atoms with Gasteiger partial charge in [-0.15, -0.1) is 0 Å². The van der Waals surface area contributed by atoms with Crippen LogP contribution in [0.2, 0.25) is 0 Å². The number of nitrogens with zero attached hydrogens (tertiary/aromatic N) is 4. The molecule has 2 heterocycles. The van der Waals surface area contributed by atoms with Crippen molar-refractivity contribution >= 4 is 16.9 Å². The van der Waals surface area contributed by atoms with E-state index in [2.05, 4.69) is 22.4 Å². The maximum atomic E-state index is 13.0. The monoisotopic (exact) mass is 369 g/mol. The molecule has 0 bridgehead atoms. The van der Waals surface area contributed by atoms with Gasteiger partial charge in [0.25, 0.3) is 5.91 Å². The van der Waals surface area contributed by atoms with E-state index in [1.807, 2.05) is 20.0 Å². The Morgan fingerprint density at radius 3 is 2.70 bits per heavy atom. The van der Waals surface area contributed by atoms with Gasteiger partial charge in [0.2, 0.25) is 0 Å². The van der Waals surface area contributed by atoms with Crippen LogP contribution in [-0.4, -0.2) is 51.8 Å². The largest absolute Gasteiger partial charge is 0.351 e. The van der Waals surface area contributed by atoms with Crippen molar-refractivity contribution in [3.63, 3.8) is 0 Å². The molecule has 2 saturated carbocycles. The van der Waals surface area contributed by atoms with E-state index >= 15 is 0 Å². The fraction of sp³-hybridized carbons (Fsp3) is 0.667. The summed E-state index contributed by atoms with van der Waals surface area (Å²) in [5.41, 5.74) is 3.45. The van der Waals surface area contributed by atoms with Gasteiger partial charge in [-0.3, -0.25) is 9.48 Å². The first kappa shape index (κ1) is 18.4. The van der Waals surface area contributed by atoms with Crippen LogP contribution in [0.4, 0.5) is 0 Å². The average Bonchev–Trinajstić information content (AvgIpc) is 3.48. The van der Waals surface area contributed by atoms with E-state index in [1.165, 1.54) is 44.9 Å². The SMILES string of the molecule is Cc1nn(C)c2nc(C3CC3)cc(C(=O)NCCN(C)C3CCCCC3)c12. The lowest BCUT2D eigenvalue weighted by atomic mass is 9.94. The lowest BCUT2D eigenvalue weighted by molar-refractivity contribution is 0.0946. The number of fused-ring (bicyclic) bond motifs is 1. The Balaban J connectivity index is 1.47. The van der Waals surface area contributed by atoms with Gasteiger partial charge in [0, 0.05) is 37.8 Å². The molecule has 0 unspecified atom stereocenters. The number of carbonyl (C=O) groups is 1. The smallest absolute Gasteiger partial charge is 0.252 e. The molecule has 6 nitrogen and oxygen atoms in total. The molecule has 0 aromatic carbocycles. The summed E-state index contributed by atoms with van der Waals surface area (Å²) in [6, 6.07) is 2.67. The van der Waals surface area contributed by atoms with Crippen LogP contribution >= 0.6 is 0 Å². The average molecular weight is 370 g/mol. The molecule has 2 aliphatic carbocycles. The van der Waals surface area contributed by atoms with E-state index in [4.69, 9.17) is 4.98 Å². The molecule has 2 aromatic heterocycles. The van der Waals surface area contributed by atoms with Crippen LogP contribution in [0.5, 0.6) is 0 Å². The maximum absolute atomic E-state index is 13.0. The van der Waals surface area contributed by atoms with E-state index < -0.39 is 0 Å². The number of amides is 1. The number of likely N-dealkylation sites (N-methyl/N-ethyl adjacent to an activating group) is 1. The third kappa shape index (κ3) is 3.86. The number of hydrogen-bond acceptors (Lipinski definition) is 4. The molecule has 4 rings (SSSR count). The van der Waals surface area contributed by atoms with Gasteiger partial charge >= 0.3 is 0 Å². The van der Waals surface area contributed by atoms with E-state index in [0.29, 0.717) is 18.5 Å². The topological polar surface area (TPSA) is 63.1 Å². The van der Waals surface area contributed by atoms with Gasteiger partial charge in [-0.25, -0.2) is 4.98 Å². The quantitative estimate of drug-likeness (QED) is 0.850. The second-order valence-corrected chi connectivity index (χ2v) is 8.30. The van der Waals surface area contributed by atoms with E-state index in [0.717, 1.165) is 34.5 Å². The summed E-state index contributed by atoms with van der Waals surface area (Å²) in [4.78, 5) is 20.2. The van der Waals surface area contributed by atoms with Crippen molar-refractivity contribution in [3.8, 4) is 0 Å². The first-order valence-corrected chi connectivity index (χ1v) is 10.4. The lowest BCUT2D eigenvalue weighted by Gasteiger charge is -2.31. The number of rotatable bonds is 6. The van der Waals surface area contributed by atoms with Crippen LogP contribution in [0.15, 0.2) is 6.07 Å². The van der Waals surface area contributed by atoms with Crippen molar-refractivity contribution in [1.82, 2.24) is 25.0 Å². The second kappa shape index (κ2) is 7.58. The molecular weight excluding hydrogens is 338 g/mol. The van der Waals surface area contributed by atoms with Crippen LogP contribution in [0.25, 0.3) is 11.0 Å². The zero-order chi connectivity index (χ0) is 19.0. The van der Waals surface area contributed by atoms with E-state index in [1.54, 1.807) is 4.68 Å². The summed E-state index contributed by atoms with van der Waals surface area (Å²) in [6.45, 7) is 3.52. The molecule has 0 spiro atoms. The minimum atomic E-state index is -0.00237. The van der Waals surface area contributed by atoms with Crippen LogP contribution < -0.4 is 5.32 Å². The Labute approximate surface area is 161 Å². The highest BCUT2D eigenvalue weighted by atomic mass is 16.1. The van der Waals surface area contributed by atoms with Crippen LogP contribution in [-0.2, 0) is 7.05 Å². The van der Waals surface area contributed by atoms with Gasteiger partial charge in [-0.1, -0.05) is 19.3 Å². The Bertz CT molecular complexity index is 833. The summed E-state index contributed by atoms with van der Waals surface area (Å²) in [6.07, 6.45) is 8.95. The van der Waals surface area contributed by atoms with Crippen LogP contribution in [0.1, 0.15) is 72.6 Å². The Hall–Kier alpha value is -1.95. The highest BCUT2D eigenvalue weighted by Gasteiger charge is 2.28. The highest BCUT2D eigenvalue weighted by Crippen LogP contribution is 2.40. The zero-order valence-electron chi connectivity index (χ0n) is 16.8. The van der Waals surface area contributed by atoms with Crippen molar-refractivity contribution < 1.29 is 4.79 Å². The number of nitrogens with one attached hydrogen (secondary N) is 1. The normalized spacial score (nSPS) is 18.4. The fourth-order valence-electron chi connectivity index (χ4n) is 4.38. The van der Waals surface area contributed by atoms with Crippen molar-refractivity contribution in [2.75, 3.05) is 20.1 Å². The minimum absolute atomic E-state index is 0.00237. The van der Waals surface area contributed by atoms with Gasteiger partial charge in [-0.05, 0) is 45.7 Å². The van der Waals surface area contributed by atoms with Crippen molar-refractivity contribution in [2.45, 2.75) is 63.8 Å². The molecule has 146 valence electrons. The number of aryl methyl sites for hydroxylation is 2. The third-order valence-electron chi connectivity index (χ3n) is 6.18.